The van der Waals surface area contributed by atoms with Crippen molar-refractivity contribution in [2.45, 2.75) is 25.9 Å². The lowest BCUT2D eigenvalue weighted by Crippen LogP contribution is -2.38. The second-order valence-corrected chi connectivity index (χ2v) is 9.85. The minimum Gasteiger partial charge on any atom is -0.493 e. The van der Waals surface area contributed by atoms with Gasteiger partial charge in [0.2, 0.25) is 5.91 Å². The molecule has 1 atom stereocenters. The lowest BCUT2D eigenvalue weighted by molar-refractivity contribution is -0.141. The van der Waals surface area contributed by atoms with Crippen molar-refractivity contribution in [3.63, 3.8) is 0 Å². The summed E-state index contributed by atoms with van der Waals surface area (Å²) in [6.07, 6.45) is 0.128. The van der Waals surface area contributed by atoms with Crippen molar-refractivity contribution >= 4 is 28.8 Å². The van der Waals surface area contributed by atoms with Crippen LogP contribution in [-0.4, -0.2) is 68.4 Å². The van der Waals surface area contributed by atoms with Crippen LogP contribution < -0.4 is 9.47 Å². The van der Waals surface area contributed by atoms with E-state index in [1.165, 1.54) is 11.8 Å². The molecule has 0 spiro atoms. The van der Waals surface area contributed by atoms with Gasteiger partial charge in [-0.2, -0.15) is 0 Å². The molecule has 0 N–H and O–H groups in total. The number of para-hydroxylation sites is 1. The molecule has 9 nitrogen and oxygen atoms in total. The molecule has 2 aliphatic heterocycles. The first-order chi connectivity index (χ1) is 18.9. The van der Waals surface area contributed by atoms with Gasteiger partial charge >= 0.3 is 5.97 Å². The number of benzene rings is 2. The fourth-order valence-electron chi connectivity index (χ4n) is 4.58. The van der Waals surface area contributed by atoms with E-state index in [9.17, 15) is 9.59 Å². The minimum absolute atomic E-state index is 0.0567. The molecule has 1 unspecified atom stereocenters. The largest absolute Gasteiger partial charge is 0.493 e. The van der Waals surface area contributed by atoms with Crippen LogP contribution in [0.4, 0.5) is 0 Å². The third kappa shape index (κ3) is 6.12. The van der Waals surface area contributed by atoms with Crippen molar-refractivity contribution in [1.82, 2.24) is 9.80 Å². The van der Waals surface area contributed by atoms with Crippen LogP contribution in [0.5, 0.6) is 11.5 Å². The number of esters is 1. The number of amides is 1. The molecule has 2 aromatic rings. The highest BCUT2D eigenvalue weighted by Gasteiger charge is 2.43. The molecule has 1 amide bonds. The highest BCUT2D eigenvalue weighted by atomic mass is 32.2. The first-order valence-electron chi connectivity index (χ1n) is 12.5. The Kier molecular flexibility index (Phi) is 9.32. The van der Waals surface area contributed by atoms with Crippen molar-refractivity contribution in [3.05, 3.63) is 82.0 Å². The van der Waals surface area contributed by atoms with Crippen LogP contribution >= 0.6 is 11.8 Å². The van der Waals surface area contributed by atoms with Crippen LogP contribution in [-0.2, 0) is 25.6 Å². The Morgan fingerprint density at radius 3 is 2.49 bits per heavy atom. The number of carbonyl (C=O) groups excluding carboxylic acids is 2. The topological polar surface area (TPSA) is 89.9 Å². The molecule has 10 heteroatoms. The Labute approximate surface area is 233 Å². The van der Waals surface area contributed by atoms with Gasteiger partial charge < -0.3 is 28.7 Å². The third-order valence-electron chi connectivity index (χ3n) is 6.49. The van der Waals surface area contributed by atoms with Crippen LogP contribution in [0.3, 0.4) is 0 Å². The van der Waals surface area contributed by atoms with Crippen LogP contribution in [0.15, 0.2) is 75.9 Å². The van der Waals surface area contributed by atoms with Gasteiger partial charge in [-0.25, -0.2) is 9.79 Å². The molecule has 0 saturated carbocycles. The molecule has 2 aliphatic rings. The maximum atomic E-state index is 13.4. The zero-order valence-corrected chi connectivity index (χ0v) is 23.6. The Morgan fingerprint density at radius 2 is 1.79 bits per heavy atom. The van der Waals surface area contributed by atoms with E-state index >= 15 is 0 Å². The van der Waals surface area contributed by atoms with E-state index in [-0.39, 0.29) is 25.5 Å². The molecular formula is C29H33N3O6S. The summed E-state index contributed by atoms with van der Waals surface area (Å²) in [6.45, 7) is 2.65. The predicted octanol–water partition coefficient (Wildman–Crippen LogP) is 4.52. The van der Waals surface area contributed by atoms with E-state index in [1.54, 1.807) is 46.3 Å². The highest BCUT2D eigenvalue weighted by molar-refractivity contribution is 8.16. The van der Waals surface area contributed by atoms with Gasteiger partial charge in [-0.15, -0.1) is 0 Å². The standard InChI is InChI=1S/C29H33N3O6S/c1-19-25(28(34)38-15-14-35-3)26(22-12-9-13-23(36-4)27(22)37-5)32-21(18-39-29(32)30-19)16-24(33)31(2)17-20-10-7-6-8-11-20/h6-13,18,26H,14-17H2,1-5H3. The summed E-state index contributed by atoms with van der Waals surface area (Å²) >= 11 is 1.42. The summed E-state index contributed by atoms with van der Waals surface area (Å²) in [6, 6.07) is 14.7. The highest BCUT2D eigenvalue weighted by Crippen LogP contribution is 2.48. The van der Waals surface area contributed by atoms with E-state index in [4.69, 9.17) is 23.9 Å². The number of hydrogen-bond acceptors (Lipinski definition) is 9. The van der Waals surface area contributed by atoms with Crippen LogP contribution in [0, 0.1) is 0 Å². The quantitative estimate of drug-likeness (QED) is 0.298. The number of methoxy groups -OCH3 is 3. The predicted molar refractivity (Wildman–Crippen MR) is 150 cm³/mol. The zero-order valence-electron chi connectivity index (χ0n) is 22.8. The normalized spacial score (nSPS) is 16.3. The average Bonchev–Trinajstić information content (AvgIpc) is 3.33. The molecule has 0 aliphatic carbocycles. The van der Waals surface area contributed by atoms with Crippen molar-refractivity contribution in [1.29, 1.82) is 0 Å². The van der Waals surface area contributed by atoms with Crippen LogP contribution in [0.2, 0.25) is 0 Å². The summed E-state index contributed by atoms with van der Waals surface area (Å²) in [7, 11) is 6.46. The van der Waals surface area contributed by atoms with Gasteiger partial charge in [0.15, 0.2) is 16.7 Å². The SMILES string of the molecule is COCCOC(=O)C1=C(C)N=C2SC=C(CC(=O)N(C)Cc3ccccc3)N2C1c1cccc(OC)c1OC. The number of ether oxygens (including phenoxy) is 4. The Hall–Kier alpha value is -3.76. The second-order valence-electron chi connectivity index (χ2n) is 9.02. The number of amidine groups is 1. The summed E-state index contributed by atoms with van der Waals surface area (Å²) < 4.78 is 21.9. The minimum atomic E-state index is -0.647. The third-order valence-corrected chi connectivity index (χ3v) is 7.38. The summed E-state index contributed by atoms with van der Waals surface area (Å²) in [4.78, 5) is 35.1. The molecule has 2 aromatic carbocycles. The van der Waals surface area contributed by atoms with E-state index in [2.05, 4.69) is 0 Å². The van der Waals surface area contributed by atoms with Gasteiger partial charge in [0, 0.05) is 32.0 Å². The van der Waals surface area contributed by atoms with Gasteiger partial charge in [-0.05, 0) is 24.0 Å². The van der Waals surface area contributed by atoms with Gasteiger partial charge in [-0.3, -0.25) is 4.79 Å². The first kappa shape index (κ1) is 28.3. The monoisotopic (exact) mass is 551 g/mol. The number of aliphatic imine (C=N–C) groups is 1. The van der Waals surface area contributed by atoms with Crippen molar-refractivity contribution < 1.29 is 28.5 Å². The van der Waals surface area contributed by atoms with E-state index in [0.717, 1.165) is 11.3 Å². The molecule has 0 aromatic heterocycles. The fourth-order valence-corrected chi connectivity index (χ4v) is 5.55. The number of carbonyl (C=O) groups is 2. The molecule has 0 radical (unpaired) electrons. The average molecular weight is 552 g/mol. The van der Waals surface area contributed by atoms with E-state index in [1.807, 2.05) is 52.8 Å². The smallest absolute Gasteiger partial charge is 0.338 e. The Balaban J connectivity index is 1.70. The van der Waals surface area contributed by atoms with E-state index in [0.29, 0.717) is 40.0 Å². The number of thioether (sulfide) groups is 1. The first-order valence-corrected chi connectivity index (χ1v) is 13.4. The fraction of sp³-hybridized carbons (Fsp3) is 0.345. The lowest BCUT2D eigenvalue weighted by atomic mass is 9.92. The summed E-state index contributed by atoms with van der Waals surface area (Å²) in [5.41, 5.74) is 3.36. The number of nitrogens with zero attached hydrogens (tertiary/aromatic N) is 3. The molecule has 0 bridgehead atoms. The molecule has 0 saturated heterocycles. The van der Waals surface area contributed by atoms with Gasteiger partial charge in [0.1, 0.15) is 6.61 Å². The van der Waals surface area contributed by atoms with Crippen molar-refractivity contribution in [3.8, 4) is 11.5 Å². The molecule has 0 fully saturated rings. The van der Waals surface area contributed by atoms with Crippen LogP contribution in [0.25, 0.3) is 0 Å². The number of allylic oxidation sites excluding steroid dienone is 1. The van der Waals surface area contributed by atoms with Gasteiger partial charge in [0.05, 0.1) is 44.6 Å². The molecule has 39 heavy (non-hydrogen) atoms. The van der Waals surface area contributed by atoms with E-state index < -0.39 is 12.0 Å². The van der Waals surface area contributed by atoms with Crippen molar-refractivity contribution in [2.75, 3.05) is 41.6 Å². The second kappa shape index (κ2) is 12.9. The molecule has 206 valence electrons. The molecular weight excluding hydrogens is 518 g/mol. The number of hydrogen-bond donors (Lipinski definition) is 0. The molecule has 2 heterocycles. The zero-order chi connectivity index (χ0) is 27.9. The number of fused-ring (bicyclic) bond motifs is 1. The number of rotatable bonds is 11. The van der Waals surface area contributed by atoms with Gasteiger partial charge in [0.25, 0.3) is 0 Å². The maximum absolute atomic E-state index is 13.4. The van der Waals surface area contributed by atoms with Crippen LogP contribution in [0.1, 0.15) is 30.5 Å². The summed E-state index contributed by atoms with van der Waals surface area (Å²) in [5.74, 6) is 0.453. The Bertz CT molecular complexity index is 1310. The lowest BCUT2D eigenvalue weighted by Gasteiger charge is -2.37. The Morgan fingerprint density at radius 1 is 1.03 bits per heavy atom. The van der Waals surface area contributed by atoms with Gasteiger partial charge in [-0.1, -0.05) is 54.2 Å². The molecule has 4 rings (SSSR count). The van der Waals surface area contributed by atoms with Crippen molar-refractivity contribution in [2.24, 2.45) is 4.99 Å². The summed E-state index contributed by atoms with van der Waals surface area (Å²) in [5, 5.41) is 2.59. The maximum Gasteiger partial charge on any atom is 0.338 e.